The molecule has 0 atom stereocenters. The SMILES string of the molecule is O=S(=O)(Nc1cnc2ccccc2c1)c1cccc(Cl)c1. The predicted octanol–water partition coefficient (Wildman–Crippen LogP) is 3.69. The van der Waals surface area contributed by atoms with E-state index in [-0.39, 0.29) is 4.90 Å². The van der Waals surface area contributed by atoms with E-state index in [4.69, 9.17) is 11.6 Å². The number of nitrogens with zero attached hydrogens (tertiary/aromatic N) is 1. The number of benzene rings is 2. The monoisotopic (exact) mass is 318 g/mol. The maximum Gasteiger partial charge on any atom is 0.261 e. The van der Waals surface area contributed by atoms with Gasteiger partial charge in [0.25, 0.3) is 10.0 Å². The van der Waals surface area contributed by atoms with Crippen LogP contribution < -0.4 is 4.72 Å². The highest BCUT2D eigenvalue weighted by atomic mass is 35.5. The van der Waals surface area contributed by atoms with E-state index in [1.54, 1.807) is 18.2 Å². The van der Waals surface area contributed by atoms with Gasteiger partial charge in [0.1, 0.15) is 0 Å². The van der Waals surface area contributed by atoms with Crippen LogP contribution >= 0.6 is 11.6 Å². The van der Waals surface area contributed by atoms with Crippen LogP contribution in [0, 0.1) is 0 Å². The van der Waals surface area contributed by atoms with Crippen molar-refractivity contribution in [2.45, 2.75) is 4.90 Å². The fourth-order valence-corrected chi connectivity index (χ4v) is 3.31. The maximum atomic E-state index is 12.3. The summed E-state index contributed by atoms with van der Waals surface area (Å²) in [5.41, 5.74) is 1.22. The summed E-state index contributed by atoms with van der Waals surface area (Å²) in [7, 11) is -3.68. The van der Waals surface area contributed by atoms with Crippen molar-refractivity contribution in [1.29, 1.82) is 0 Å². The lowest BCUT2D eigenvalue weighted by atomic mass is 10.2. The Bertz CT molecular complexity index is 910. The Balaban J connectivity index is 1.97. The van der Waals surface area contributed by atoms with E-state index in [2.05, 4.69) is 9.71 Å². The number of pyridine rings is 1. The molecule has 0 amide bonds. The highest BCUT2D eigenvalue weighted by Crippen LogP contribution is 2.21. The van der Waals surface area contributed by atoms with Crippen LogP contribution in [0.2, 0.25) is 5.02 Å². The van der Waals surface area contributed by atoms with E-state index >= 15 is 0 Å². The van der Waals surface area contributed by atoms with E-state index in [9.17, 15) is 8.42 Å². The molecular weight excluding hydrogens is 308 g/mol. The van der Waals surface area contributed by atoms with Gasteiger partial charge >= 0.3 is 0 Å². The molecule has 2 aromatic carbocycles. The third kappa shape index (κ3) is 2.99. The molecule has 1 aromatic heterocycles. The van der Waals surface area contributed by atoms with Gasteiger partial charge in [-0.1, -0.05) is 35.9 Å². The van der Waals surface area contributed by atoms with Gasteiger partial charge in [-0.15, -0.1) is 0 Å². The minimum atomic E-state index is -3.68. The van der Waals surface area contributed by atoms with Crippen LogP contribution in [-0.4, -0.2) is 13.4 Å². The summed E-state index contributed by atoms with van der Waals surface area (Å²) in [6.45, 7) is 0. The zero-order chi connectivity index (χ0) is 14.9. The fraction of sp³-hybridized carbons (Fsp3) is 0. The molecule has 0 aliphatic heterocycles. The third-order valence-corrected chi connectivity index (χ3v) is 4.56. The average molecular weight is 319 g/mol. The van der Waals surface area contributed by atoms with E-state index in [1.165, 1.54) is 18.3 Å². The normalized spacial score (nSPS) is 11.5. The molecule has 0 saturated carbocycles. The molecule has 106 valence electrons. The number of aromatic nitrogens is 1. The van der Waals surface area contributed by atoms with E-state index in [1.807, 2.05) is 24.3 Å². The number of fused-ring (bicyclic) bond motifs is 1. The molecule has 0 saturated heterocycles. The van der Waals surface area contributed by atoms with Crippen molar-refractivity contribution >= 4 is 38.2 Å². The standard InChI is InChI=1S/C15H11ClN2O2S/c16-12-5-3-6-14(9-12)21(19,20)18-13-8-11-4-1-2-7-15(11)17-10-13/h1-10,18H. The van der Waals surface area contributed by atoms with E-state index < -0.39 is 10.0 Å². The molecule has 0 unspecified atom stereocenters. The molecule has 4 nitrogen and oxygen atoms in total. The molecule has 0 fully saturated rings. The zero-order valence-electron chi connectivity index (χ0n) is 10.8. The van der Waals surface area contributed by atoms with Crippen LogP contribution in [0.5, 0.6) is 0 Å². The van der Waals surface area contributed by atoms with Crippen molar-refractivity contribution in [3.05, 3.63) is 65.8 Å². The molecule has 0 radical (unpaired) electrons. The Morgan fingerprint density at radius 1 is 1.00 bits per heavy atom. The lowest BCUT2D eigenvalue weighted by molar-refractivity contribution is 0.601. The number of anilines is 1. The lowest BCUT2D eigenvalue weighted by Crippen LogP contribution is -2.13. The molecular formula is C15H11ClN2O2S. The topological polar surface area (TPSA) is 59.1 Å². The van der Waals surface area contributed by atoms with Gasteiger partial charge < -0.3 is 0 Å². The largest absolute Gasteiger partial charge is 0.278 e. The van der Waals surface area contributed by atoms with Crippen LogP contribution in [0.1, 0.15) is 0 Å². The second-order valence-electron chi connectivity index (χ2n) is 4.48. The molecule has 6 heteroatoms. The van der Waals surface area contributed by atoms with Gasteiger partial charge in [0.15, 0.2) is 0 Å². The summed E-state index contributed by atoms with van der Waals surface area (Å²) in [5, 5.41) is 1.23. The molecule has 0 bridgehead atoms. The lowest BCUT2D eigenvalue weighted by Gasteiger charge is -2.08. The highest BCUT2D eigenvalue weighted by molar-refractivity contribution is 7.92. The number of hydrogen-bond acceptors (Lipinski definition) is 3. The second kappa shape index (κ2) is 5.35. The van der Waals surface area contributed by atoms with Crippen LogP contribution in [0.4, 0.5) is 5.69 Å². The second-order valence-corrected chi connectivity index (χ2v) is 6.60. The summed E-state index contributed by atoms with van der Waals surface area (Å²) >= 11 is 5.83. The quantitative estimate of drug-likeness (QED) is 0.801. The Morgan fingerprint density at radius 2 is 1.81 bits per heavy atom. The Morgan fingerprint density at radius 3 is 2.62 bits per heavy atom. The van der Waals surface area contributed by atoms with Gasteiger partial charge in [-0.05, 0) is 30.3 Å². The number of para-hydroxylation sites is 1. The molecule has 1 N–H and O–H groups in total. The number of sulfonamides is 1. The zero-order valence-corrected chi connectivity index (χ0v) is 12.4. The van der Waals surface area contributed by atoms with Gasteiger partial charge in [0, 0.05) is 10.4 Å². The Hall–Kier alpha value is -2.11. The van der Waals surface area contributed by atoms with Gasteiger partial charge in [-0.25, -0.2) is 8.42 Å². The summed E-state index contributed by atoms with van der Waals surface area (Å²) in [6.07, 6.45) is 1.49. The van der Waals surface area contributed by atoms with Crippen molar-refractivity contribution in [3.8, 4) is 0 Å². The molecule has 0 spiro atoms. The smallest absolute Gasteiger partial charge is 0.261 e. The van der Waals surface area contributed by atoms with Crippen LogP contribution in [0.3, 0.4) is 0 Å². The van der Waals surface area contributed by atoms with Gasteiger partial charge in [-0.3, -0.25) is 9.71 Å². The van der Waals surface area contributed by atoms with E-state index in [0.29, 0.717) is 10.7 Å². The predicted molar refractivity (Wildman–Crippen MR) is 84.0 cm³/mol. The van der Waals surface area contributed by atoms with E-state index in [0.717, 1.165) is 10.9 Å². The first kappa shape index (κ1) is 13.9. The van der Waals surface area contributed by atoms with Crippen molar-refractivity contribution in [2.24, 2.45) is 0 Å². The minimum Gasteiger partial charge on any atom is -0.278 e. The summed E-state index contributed by atoms with van der Waals surface area (Å²) in [4.78, 5) is 4.34. The van der Waals surface area contributed by atoms with Crippen molar-refractivity contribution in [3.63, 3.8) is 0 Å². The van der Waals surface area contributed by atoms with Crippen LogP contribution in [0.25, 0.3) is 10.9 Å². The third-order valence-electron chi connectivity index (χ3n) is 2.95. The molecule has 0 aliphatic carbocycles. The molecule has 3 aromatic rings. The Labute approximate surface area is 127 Å². The first-order valence-electron chi connectivity index (χ1n) is 6.18. The number of rotatable bonds is 3. The van der Waals surface area contributed by atoms with Gasteiger partial charge in [0.2, 0.25) is 0 Å². The fourth-order valence-electron chi connectivity index (χ4n) is 1.98. The minimum absolute atomic E-state index is 0.114. The summed E-state index contributed by atoms with van der Waals surface area (Å²) in [5.74, 6) is 0. The van der Waals surface area contributed by atoms with Crippen LogP contribution in [-0.2, 0) is 10.0 Å². The average Bonchev–Trinajstić information content (AvgIpc) is 2.47. The number of hydrogen-bond donors (Lipinski definition) is 1. The molecule has 21 heavy (non-hydrogen) atoms. The summed E-state index contributed by atoms with van der Waals surface area (Å²) < 4.78 is 27.1. The first-order valence-corrected chi connectivity index (χ1v) is 8.04. The Kier molecular flexibility index (Phi) is 3.53. The molecule has 0 aliphatic rings. The van der Waals surface area contributed by atoms with Crippen LogP contribution in [0.15, 0.2) is 65.7 Å². The number of halogens is 1. The van der Waals surface area contributed by atoms with Crippen molar-refractivity contribution in [2.75, 3.05) is 4.72 Å². The van der Waals surface area contributed by atoms with Crippen molar-refractivity contribution < 1.29 is 8.42 Å². The molecule has 3 rings (SSSR count). The van der Waals surface area contributed by atoms with Crippen molar-refractivity contribution in [1.82, 2.24) is 4.98 Å². The number of nitrogens with one attached hydrogen (secondary N) is 1. The molecule has 1 heterocycles. The van der Waals surface area contributed by atoms with Gasteiger partial charge in [0.05, 0.1) is 22.3 Å². The highest BCUT2D eigenvalue weighted by Gasteiger charge is 2.14. The first-order chi connectivity index (χ1) is 10.0. The summed E-state index contributed by atoms with van der Waals surface area (Å²) in [6, 6.07) is 15.3. The maximum absolute atomic E-state index is 12.3. The van der Waals surface area contributed by atoms with Gasteiger partial charge in [-0.2, -0.15) is 0 Å².